The van der Waals surface area contributed by atoms with Crippen molar-refractivity contribution in [2.75, 3.05) is 19.8 Å². The van der Waals surface area contributed by atoms with Gasteiger partial charge in [-0.25, -0.2) is 0 Å². The molecule has 1 aromatic carbocycles. The lowest BCUT2D eigenvalue weighted by Gasteiger charge is -2.19. The lowest BCUT2D eigenvalue weighted by atomic mass is 10.1. The Labute approximate surface area is 104 Å². The maximum Gasteiger partial charge on any atom is 0.125 e. The minimum atomic E-state index is -0.000637. The molecule has 1 atom stereocenters. The van der Waals surface area contributed by atoms with Crippen molar-refractivity contribution in [3.05, 3.63) is 28.8 Å². The van der Waals surface area contributed by atoms with Crippen molar-refractivity contribution in [3.63, 3.8) is 0 Å². The van der Waals surface area contributed by atoms with E-state index in [1.165, 1.54) is 11.1 Å². The second-order valence-corrected chi connectivity index (χ2v) is 4.40. The number of nitrogens with one attached hydrogen (secondary N) is 1. The first-order chi connectivity index (χ1) is 8.10. The van der Waals surface area contributed by atoms with Crippen LogP contribution in [-0.2, 0) is 0 Å². The van der Waals surface area contributed by atoms with Gasteiger partial charge in [0.25, 0.3) is 0 Å². The summed E-state index contributed by atoms with van der Waals surface area (Å²) in [5, 5.41) is 12.4. The van der Waals surface area contributed by atoms with Gasteiger partial charge < -0.3 is 15.2 Å². The third-order valence-corrected chi connectivity index (χ3v) is 3.02. The Morgan fingerprint density at radius 1 is 1.24 bits per heavy atom. The van der Waals surface area contributed by atoms with Crippen molar-refractivity contribution in [2.45, 2.75) is 33.7 Å². The Morgan fingerprint density at radius 3 is 2.47 bits per heavy atom. The maximum atomic E-state index is 9.19. The van der Waals surface area contributed by atoms with Crippen LogP contribution in [-0.4, -0.2) is 30.9 Å². The van der Waals surface area contributed by atoms with Gasteiger partial charge >= 0.3 is 0 Å². The van der Waals surface area contributed by atoms with Crippen molar-refractivity contribution in [3.8, 4) is 5.75 Å². The number of hydrogen-bond acceptors (Lipinski definition) is 3. The number of likely N-dealkylation sites (N-methyl/N-ethyl adjacent to an activating group) is 1. The number of aryl methyl sites for hydroxylation is 2. The molecule has 0 saturated carbocycles. The molecule has 1 rings (SSSR count). The van der Waals surface area contributed by atoms with Crippen LogP contribution >= 0.6 is 0 Å². The van der Waals surface area contributed by atoms with Gasteiger partial charge in [0.2, 0.25) is 0 Å². The van der Waals surface area contributed by atoms with Crippen LogP contribution in [0.3, 0.4) is 0 Å². The van der Waals surface area contributed by atoms with E-state index in [4.69, 9.17) is 4.74 Å². The molecule has 17 heavy (non-hydrogen) atoms. The van der Waals surface area contributed by atoms with Crippen LogP contribution in [0.25, 0.3) is 0 Å². The largest absolute Gasteiger partial charge is 0.491 e. The first-order valence-electron chi connectivity index (χ1n) is 6.14. The molecule has 0 spiro atoms. The molecule has 0 fully saturated rings. The van der Waals surface area contributed by atoms with Gasteiger partial charge in [-0.05, 0) is 44.0 Å². The highest BCUT2D eigenvalue weighted by atomic mass is 16.5. The lowest BCUT2D eigenvalue weighted by molar-refractivity contribution is 0.183. The van der Waals surface area contributed by atoms with E-state index in [1.807, 2.05) is 13.8 Å². The van der Waals surface area contributed by atoms with Gasteiger partial charge in [-0.1, -0.05) is 19.1 Å². The second kappa shape index (κ2) is 6.62. The van der Waals surface area contributed by atoms with E-state index in [1.54, 1.807) is 0 Å². The summed E-state index contributed by atoms with van der Waals surface area (Å²) in [7, 11) is 0. The minimum Gasteiger partial charge on any atom is -0.491 e. The molecule has 0 bridgehead atoms. The van der Waals surface area contributed by atoms with E-state index in [-0.39, 0.29) is 12.6 Å². The standard InChI is InChI=1S/C14H23NO2/c1-5-15-13(8-16)9-17-14-11(3)7-6-10(2)12(14)4/h6-7,13,15-16H,5,8-9H2,1-4H3. The fraction of sp³-hybridized carbons (Fsp3) is 0.571. The van der Waals surface area contributed by atoms with Crippen molar-refractivity contribution in [2.24, 2.45) is 0 Å². The van der Waals surface area contributed by atoms with Crippen LogP contribution in [0, 0.1) is 20.8 Å². The summed E-state index contributed by atoms with van der Waals surface area (Å²) in [4.78, 5) is 0. The Morgan fingerprint density at radius 2 is 1.88 bits per heavy atom. The van der Waals surface area contributed by atoms with E-state index in [2.05, 4.69) is 31.3 Å². The van der Waals surface area contributed by atoms with Gasteiger partial charge in [0, 0.05) is 0 Å². The molecule has 0 aliphatic rings. The number of benzene rings is 1. The summed E-state index contributed by atoms with van der Waals surface area (Å²) >= 11 is 0. The van der Waals surface area contributed by atoms with Gasteiger partial charge in [-0.2, -0.15) is 0 Å². The van der Waals surface area contributed by atoms with Crippen LogP contribution in [0.1, 0.15) is 23.6 Å². The smallest absolute Gasteiger partial charge is 0.125 e. The van der Waals surface area contributed by atoms with Crippen molar-refractivity contribution >= 4 is 0 Å². The van der Waals surface area contributed by atoms with Gasteiger partial charge in [0.15, 0.2) is 0 Å². The Hall–Kier alpha value is -1.06. The zero-order chi connectivity index (χ0) is 12.8. The Kier molecular flexibility index (Phi) is 5.45. The summed E-state index contributed by atoms with van der Waals surface area (Å²) in [5.74, 6) is 0.946. The highest BCUT2D eigenvalue weighted by Gasteiger charge is 2.10. The van der Waals surface area contributed by atoms with E-state index in [9.17, 15) is 5.11 Å². The Bertz CT molecular complexity index is 363. The molecule has 3 heteroatoms. The molecular formula is C14H23NO2. The van der Waals surface area contributed by atoms with E-state index < -0.39 is 0 Å². The predicted molar refractivity (Wildman–Crippen MR) is 70.7 cm³/mol. The van der Waals surface area contributed by atoms with Crippen molar-refractivity contribution in [1.82, 2.24) is 5.32 Å². The summed E-state index contributed by atoms with van der Waals surface area (Å²) in [6.07, 6.45) is 0. The number of aliphatic hydroxyl groups is 1. The van der Waals surface area contributed by atoms with E-state index in [0.29, 0.717) is 6.61 Å². The number of aliphatic hydroxyl groups excluding tert-OH is 1. The molecule has 1 aromatic rings. The monoisotopic (exact) mass is 237 g/mol. The normalized spacial score (nSPS) is 12.5. The molecule has 0 radical (unpaired) electrons. The minimum absolute atomic E-state index is 0.000637. The number of rotatable bonds is 6. The first-order valence-corrected chi connectivity index (χ1v) is 6.14. The summed E-state index contributed by atoms with van der Waals surface area (Å²) in [6, 6.07) is 4.17. The van der Waals surface area contributed by atoms with Crippen LogP contribution in [0.15, 0.2) is 12.1 Å². The van der Waals surface area contributed by atoms with E-state index >= 15 is 0 Å². The molecule has 0 heterocycles. The molecule has 3 nitrogen and oxygen atoms in total. The number of hydrogen-bond donors (Lipinski definition) is 2. The van der Waals surface area contributed by atoms with Gasteiger partial charge in [-0.15, -0.1) is 0 Å². The third kappa shape index (κ3) is 3.72. The highest BCUT2D eigenvalue weighted by molar-refractivity contribution is 5.44. The SMILES string of the molecule is CCNC(CO)COc1c(C)ccc(C)c1C. The first kappa shape index (κ1) is 14.0. The highest BCUT2D eigenvalue weighted by Crippen LogP contribution is 2.25. The molecule has 0 aliphatic carbocycles. The molecule has 0 amide bonds. The van der Waals surface area contributed by atoms with Gasteiger partial charge in [0.05, 0.1) is 12.6 Å². The average molecular weight is 237 g/mol. The summed E-state index contributed by atoms with van der Waals surface area (Å²) in [6.45, 7) is 9.64. The maximum absolute atomic E-state index is 9.19. The van der Waals surface area contributed by atoms with Crippen LogP contribution in [0.5, 0.6) is 5.75 Å². The number of ether oxygens (including phenoxy) is 1. The third-order valence-electron chi connectivity index (χ3n) is 3.02. The van der Waals surface area contributed by atoms with E-state index in [0.717, 1.165) is 17.9 Å². The van der Waals surface area contributed by atoms with Crippen molar-refractivity contribution in [1.29, 1.82) is 0 Å². The molecule has 1 unspecified atom stereocenters. The van der Waals surface area contributed by atoms with Gasteiger partial charge in [-0.3, -0.25) is 0 Å². The summed E-state index contributed by atoms with van der Waals surface area (Å²) < 4.78 is 5.83. The quantitative estimate of drug-likeness (QED) is 0.794. The fourth-order valence-corrected chi connectivity index (χ4v) is 1.80. The van der Waals surface area contributed by atoms with Crippen molar-refractivity contribution < 1.29 is 9.84 Å². The molecule has 96 valence electrons. The zero-order valence-corrected chi connectivity index (χ0v) is 11.2. The predicted octanol–water partition coefficient (Wildman–Crippen LogP) is 1.96. The average Bonchev–Trinajstić information content (AvgIpc) is 2.32. The Balaban J connectivity index is 2.71. The van der Waals surface area contributed by atoms with Crippen LogP contribution in [0.4, 0.5) is 0 Å². The van der Waals surface area contributed by atoms with Crippen LogP contribution in [0.2, 0.25) is 0 Å². The van der Waals surface area contributed by atoms with Crippen LogP contribution < -0.4 is 10.1 Å². The molecule has 0 saturated heterocycles. The molecule has 0 aliphatic heterocycles. The topological polar surface area (TPSA) is 41.5 Å². The molecular weight excluding hydrogens is 214 g/mol. The molecule has 0 aromatic heterocycles. The zero-order valence-electron chi connectivity index (χ0n) is 11.2. The van der Waals surface area contributed by atoms with Gasteiger partial charge in [0.1, 0.15) is 12.4 Å². The fourth-order valence-electron chi connectivity index (χ4n) is 1.80. The second-order valence-electron chi connectivity index (χ2n) is 4.40. The lowest BCUT2D eigenvalue weighted by Crippen LogP contribution is -2.37. The molecule has 2 N–H and O–H groups in total. The summed E-state index contributed by atoms with van der Waals surface area (Å²) in [5.41, 5.74) is 3.55.